The van der Waals surface area contributed by atoms with Crippen LogP contribution in [0.3, 0.4) is 0 Å². The molecule has 0 heterocycles. The fraction of sp³-hybridized carbons (Fsp3) is 1.00. The lowest BCUT2D eigenvalue weighted by molar-refractivity contribution is 0.0383. The van der Waals surface area contributed by atoms with E-state index >= 15 is 0 Å². The molecular formula is C42H86O3. The maximum atomic E-state index is 10.6. The smallest absolute Gasteiger partial charge is 0.0566 e. The van der Waals surface area contributed by atoms with Crippen LogP contribution in [0, 0.1) is 11.8 Å². The van der Waals surface area contributed by atoms with Crippen molar-refractivity contribution in [1.82, 2.24) is 0 Å². The molecule has 45 heavy (non-hydrogen) atoms. The Labute approximate surface area is 284 Å². The zero-order valence-corrected chi connectivity index (χ0v) is 31.7. The summed E-state index contributed by atoms with van der Waals surface area (Å²) >= 11 is 0. The van der Waals surface area contributed by atoms with Crippen LogP contribution in [0.2, 0.25) is 0 Å². The largest absolute Gasteiger partial charge is 0.393 e. The molecule has 0 spiro atoms. The van der Waals surface area contributed by atoms with Crippen LogP contribution < -0.4 is 0 Å². The molecule has 0 aromatic carbocycles. The Kier molecular flexibility index (Phi) is 36.6. The topological polar surface area (TPSA) is 49.7 Å². The number of unbranched alkanes of at least 4 members (excludes halogenated alkanes) is 24. The Balaban J connectivity index is 3.90. The third-order valence-corrected chi connectivity index (χ3v) is 10.5. The number of hydrogen-bond donors (Lipinski definition) is 2. The van der Waals surface area contributed by atoms with Gasteiger partial charge >= 0.3 is 0 Å². The highest BCUT2D eigenvalue weighted by Crippen LogP contribution is 2.23. The molecule has 272 valence electrons. The number of hydrogen-bond acceptors (Lipinski definition) is 3. The minimum Gasteiger partial charge on any atom is -0.393 e. The van der Waals surface area contributed by atoms with Crippen LogP contribution in [-0.2, 0) is 4.74 Å². The second-order valence-corrected chi connectivity index (χ2v) is 14.7. The molecule has 0 amide bonds. The second kappa shape index (κ2) is 36.7. The number of ether oxygens (including phenoxy) is 1. The van der Waals surface area contributed by atoms with E-state index in [9.17, 15) is 10.2 Å². The summed E-state index contributed by atoms with van der Waals surface area (Å²) in [6.45, 7) is 10.3. The van der Waals surface area contributed by atoms with Gasteiger partial charge in [-0.1, -0.05) is 195 Å². The van der Waals surface area contributed by atoms with Gasteiger partial charge in [0.25, 0.3) is 0 Å². The molecule has 0 aromatic heterocycles. The summed E-state index contributed by atoms with van der Waals surface area (Å²) in [6.07, 6.45) is 41.5. The van der Waals surface area contributed by atoms with Crippen molar-refractivity contribution >= 4 is 0 Å². The second-order valence-electron chi connectivity index (χ2n) is 14.7. The van der Waals surface area contributed by atoms with Crippen molar-refractivity contribution in [3.05, 3.63) is 0 Å². The molecule has 3 nitrogen and oxygen atoms in total. The number of aliphatic hydroxyl groups excluding tert-OH is 2. The van der Waals surface area contributed by atoms with E-state index in [4.69, 9.17) is 4.74 Å². The van der Waals surface area contributed by atoms with Crippen LogP contribution in [0.1, 0.15) is 233 Å². The van der Waals surface area contributed by atoms with Gasteiger partial charge < -0.3 is 14.9 Å². The standard InChI is InChI=1S/C42H86O3/c1-5-9-11-13-15-17-19-21-23-25-27-29-31-33-39(41(43)7-3)35-37-45-38-36-40(42(44)8-4)34-32-30-28-26-24-22-20-18-16-14-12-10-6-2/h39-44H,5-38H2,1-4H3. The normalized spacial score (nSPS) is 14.5. The van der Waals surface area contributed by atoms with Crippen molar-refractivity contribution in [2.75, 3.05) is 13.2 Å². The molecule has 4 atom stereocenters. The first-order valence-corrected chi connectivity index (χ1v) is 21.0. The lowest BCUT2D eigenvalue weighted by Crippen LogP contribution is -2.23. The number of rotatable bonds is 38. The van der Waals surface area contributed by atoms with Crippen molar-refractivity contribution < 1.29 is 14.9 Å². The molecule has 0 aliphatic rings. The van der Waals surface area contributed by atoms with Crippen LogP contribution in [-0.4, -0.2) is 35.6 Å². The Morgan fingerprint density at radius 3 is 0.822 bits per heavy atom. The van der Waals surface area contributed by atoms with Crippen LogP contribution in [0.25, 0.3) is 0 Å². The lowest BCUT2D eigenvalue weighted by atomic mass is 9.90. The fourth-order valence-corrected chi connectivity index (χ4v) is 7.14. The first-order chi connectivity index (χ1) is 22.1. The highest BCUT2D eigenvalue weighted by atomic mass is 16.5. The average molecular weight is 639 g/mol. The summed E-state index contributed by atoms with van der Waals surface area (Å²) in [4.78, 5) is 0. The van der Waals surface area contributed by atoms with Gasteiger partial charge in [0.15, 0.2) is 0 Å². The molecule has 0 radical (unpaired) electrons. The molecule has 0 aromatic rings. The monoisotopic (exact) mass is 639 g/mol. The van der Waals surface area contributed by atoms with Crippen LogP contribution in [0.4, 0.5) is 0 Å². The molecule has 0 bridgehead atoms. The van der Waals surface area contributed by atoms with Gasteiger partial charge in [-0.15, -0.1) is 0 Å². The van der Waals surface area contributed by atoms with Gasteiger partial charge in [0.05, 0.1) is 12.2 Å². The summed E-state index contributed by atoms with van der Waals surface area (Å²) in [5.41, 5.74) is 0. The van der Waals surface area contributed by atoms with Crippen molar-refractivity contribution in [2.24, 2.45) is 11.8 Å². The van der Waals surface area contributed by atoms with Gasteiger partial charge in [-0.2, -0.15) is 0 Å². The van der Waals surface area contributed by atoms with E-state index < -0.39 is 0 Å². The molecule has 0 rings (SSSR count). The maximum absolute atomic E-state index is 10.6. The van der Waals surface area contributed by atoms with Gasteiger partial charge in [-0.3, -0.25) is 0 Å². The molecule has 0 aliphatic carbocycles. The number of aliphatic hydroxyl groups is 2. The van der Waals surface area contributed by atoms with Crippen LogP contribution in [0.5, 0.6) is 0 Å². The Morgan fingerprint density at radius 2 is 0.578 bits per heavy atom. The molecular weight excluding hydrogens is 552 g/mol. The zero-order valence-electron chi connectivity index (χ0n) is 31.7. The summed E-state index contributed by atoms with van der Waals surface area (Å²) in [5.74, 6) is 0.732. The van der Waals surface area contributed by atoms with Crippen molar-refractivity contribution in [1.29, 1.82) is 0 Å². The van der Waals surface area contributed by atoms with E-state index in [1.807, 2.05) is 0 Å². The maximum Gasteiger partial charge on any atom is 0.0566 e. The summed E-state index contributed by atoms with van der Waals surface area (Å²) < 4.78 is 6.10. The first kappa shape index (κ1) is 44.9. The third kappa shape index (κ3) is 30.9. The highest BCUT2D eigenvalue weighted by Gasteiger charge is 2.19. The van der Waals surface area contributed by atoms with E-state index in [1.54, 1.807) is 0 Å². The van der Waals surface area contributed by atoms with Crippen molar-refractivity contribution in [2.45, 2.75) is 245 Å². The van der Waals surface area contributed by atoms with E-state index in [0.717, 1.165) is 51.7 Å². The van der Waals surface area contributed by atoms with Gasteiger partial charge in [0.2, 0.25) is 0 Å². The van der Waals surface area contributed by atoms with Gasteiger partial charge in [0.1, 0.15) is 0 Å². The quantitative estimate of drug-likeness (QED) is 0.0662. The first-order valence-electron chi connectivity index (χ1n) is 21.0. The minimum absolute atomic E-state index is 0.198. The SMILES string of the molecule is CCCCCCCCCCCCCCCC(CCOCCC(CCCCCCCCCCCCCCC)C(O)CC)C(O)CC. The minimum atomic E-state index is -0.198. The van der Waals surface area contributed by atoms with Crippen LogP contribution in [0.15, 0.2) is 0 Å². The average Bonchev–Trinajstić information content (AvgIpc) is 3.06. The highest BCUT2D eigenvalue weighted by molar-refractivity contribution is 4.70. The summed E-state index contributed by atoms with van der Waals surface area (Å²) in [7, 11) is 0. The van der Waals surface area contributed by atoms with Crippen molar-refractivity contribution in [3.63, 3.8) is 0 Å². The predicted octanol–water partition coefficient (Wildman–Crippen LogP) is 13.5. The lowest BCUT2D eigenvalue weighted by Gasteiger charge is -2.24. The molecule has 0 saturated heterocycles. The molecule has 0 fully saturated rings. The molecule has 2 N–H and O–H groups in total. The van der Waals surface area contributed by atoms with Gasteiger partial charge in [0, 0.05) is 13.2 Å². The molecule has 4 unspecified atom stereocenters. The summed E-state index contributed by atoms with van der Waals surface area (Å²) in [5, 5.41) is 21.2. The Hall–Kier alpha value is -0.120. The van der Waals surface area contributed by atoms with Crippen LogP contribution >= 0.6 is 0 Å². The zero-order chi connectivity index (χ0) is 33.1. The molecule has 0 aliphatic heterocycles. The van der Waals surface area contributed by atoms with E-state index in [1.165, 1.54) is 167 Å². The van der Waals surface area contributed by atoms with Gasteiger partial charge in [-0.05, 0) is 50.4 Å². The third-order valence-electron chi connectivity index (χ3n) is 10.5. The van der Waals surface area contributed by atoms with E-state index in [2.05, 4.69) is 27.7 Å². The Bertz CT molecular complexity index is 492. The summed E-state index contributed by atoms with van der Waals surface area (Å²) in [6, 6.07) is 0. The fourth-order valence-electron chi connectivity index (χ4n) is 7.14. The van der Waals surface area contributed by atoms with Crippen molar-refractivity contribution in [3.8, 4) is 0 Å². The molecule has 0 saturated carbocycles. The Morgan fingerprint density at radius 1 is 0.333 bits per heavy atom. The predicted molar refractivity (Wildman–Crippen MR) is 200 cm³/mol. The van der Waals surface area contributed by atoms with E-state index in [-0.39, 0.29) is 12.2 Å². The van der Waals surface area contributed by atoms with E-state index in [0.29, 0.717) is 11.8 Å². The molecule has 3 heteroatoms. The van der Waals surface area contributed by atoms with Gasteiger partial charge in [-0.25, -0.2) is 0 Å².